The van der Waals surface area contributed by atoms with E-state index in [2.05, 4.69) is 0 Å². The molecule has 0 bridgehead atoms. The van der Waals surface area contributed by atoms with Crippen LogP contribution in [0, 0.1) is 0 Å². The number of aliphatic carboxylic acids is 1. The SMILES string of the molecule is NC(=O)C(C(=O)O)=C1SC(C(N)=O)S1. The van der Waals surface area contributed by atoms with Gasteiger partial charge in [0.15, 0.2) is 0 Å². The lowest BCUT2D eigenvalue weighted by molar-refractivity contribution is -0.134. The number of hydrogen-bond acceptors (Lipinski definition) is 5. The molecule has 2 amide bonds. The van der Waals surface area contributed by atoms with E-state index in [-0.39, 0.29) is 4.24 Å². The number of primary amides is 2. The number of thioether (sulfide) groups is 2. The zero-order valence-corrected chi connectivity index (χ0v) is 8.35. The molecule has 0 unspecified atom stereocenters. The molecule has 76 valence electrons. The van der Waals surface area contributed by atoms with Crippen molar-refractivity contribution in [3.8, 4) is 0 Å². The Balaban J connectivity index is 2.82. The Morgan fingerprint density at radius 2 is 1.71 bits per heavy atom. The standard InChI is InChI=1S/C6H6N2O4S2/c7-2(9)1(4(11)12)5-13-6(14-5)3(8)10/h6H,(H2,7,9)(H2,8,10)(H,11,12). The number of nitrogens with two attached hydrogens (primary N) is 2. The second kappa shape index (κ2) is 3.93. The molecule has 8 heteroatoms. The average Bonchev–Trinajstić information content (AvgIpc) is 1.92. The lowest BCUT2D eigenvalue weighted by atomic mass is 10.3. The summed E-state index contributed by atoms with van der Waals surface area (Å²) in [7, 11) is 0. The third kappa shape index (κ3) is 2.02. The largest absolute Gasteiger partial charge is 0.477 e. The fourth-order valence-corrected chi connectivity index (χ4v) is 2.85. The Bertz CT molecular complexity index is 328. The van der Waals surface area contributed by atoms with Crippen molar-refractivity contribution in [2.75, 3.05) is 0 Å². The average molecular weight is 234 g/mol. The first-order chi connectivity index (χ1) is 6.43. The summed E-state index contributed by atoms with van der Waals surface area (Å²) in [6.07, 6.45) is 0. The van der Waals surface area contributed by atoms with E-state index >= 15 is 0 Å². The minimum absolute atomic E-state index is 0.230. The molecule has 14 heavy (non-hydrogen) atoms. The van der Waals surface area contributed by atoms with Crippen LogP contribution in [0.15, 0.2) is 9.81 Å². The number of carboxylic acid groups (broad SMARTS) is 1. The number of amides is 2. The van der Waals surface area contributed by atoms with Crippen LogP contribution < -0.4 is 11.5 Å². The molecule has 0 radical (unpaired) electrons. The monoisotopic (exact) mass is 234 g/mol. The highest BCUT2D eigenvalue weighted by molar-refractivity contribution is 8.39. The number of rotatable bonds is 3. The Kier molecular flexibility index (Phi) is 3.06. The molecule has 0 saturated carbocycles. The molecular weight excluding hydrogens is 228 g/mol. The molecule has 0 spiro atoms. The van der Waals surface area contributed by atoms with E-state index in [0.29, 0.717) is 0 Å². The van der Waals surface area contributed by atoms with Crippen molar-refractivity contribution in [2.45, 2.75) is 4.58 Å². The molecule has 0 aromatic carbocycles. The zero-order valence-electron chi connectivity index (χ0n) is 6.72. The van der Waals surface area contributed by atoms with Gasteiger partial charge >= 0.3 is 5.97 Å². The molecule has 1 rings (SSSR count). The lowest BCUT2D eigenvalue weighted by Crippen LogP contribution is -2.30. The number of hydrogen-bond donors (Lipinski definition) is 3. The minimum Gasteiger partial charge on any atom is -0.477 e. The predicted molar refractivity (Wildman–Crippen MR) is 52.0 cm³/mol. The van der Waals surface area contributed by atoms with Crippen LogP contribution in [-0.2, 0) is 14.4 Å². The van der Waals surface area contributed by atoms with Crippen molar-refractivity contribution in [2.24, 2.45) is 11.5 Å². The first kappa shape index (κ1) is 10.9. The van der Waals surface area contributed by atoms with Crippen molar-refractivity contribution in [3.63, 3.8) is 0 Å². The molecule has 6 nitrogen and oxygen atoms in total. The summed E-state index contributed by atoms with van der Waals surface area (Å²) < 4.78 is -0.299. The number of carbonyl (C=O) groups is 3. The van der Waals surface area contributed by atoms with Gasteiger partial charge in [0.2, 0.25) is 5.91 Å². The first-order valence-corrected chi connectivity index (χ1v) is 5.09. The third-order valence-corrected chi connectivity index (χ3v) is 4.21. The summed E-state index contributed by atoms with van der Waals surface area (Å²) >= 11 is 1.87. The summed E-state index contributed by atoms with van der Waals surface area (Å²) in [6, 6.07) is 0. The quantitative estimate of drug-likeness (QED) is 0.329. The Hall–Kier alpha value is -1.15. The van der Waals surface area contributed by atoms with Gasteiger partial charge in [-0.2, -0.15) is 0 Å². The third-order valence-electron chi connectivity index (χ3n) is 1.32. The summed E-state index contributed by atoms with van der Waals surface area (Å²) in [5.74, 6) is -2.97. The molecule has 5 N–H and O–H groups in total. The number of carbonyl (C=O) groups excluding carboxylic acids is 2. The molecule has 0 aliphatic carbocycles. The Labute approximate surface area is 87.1 Å². The zero-order chi connectivity index (χ0) is 10.9. The number of carboxylic acids is 1. The van der Waals surface area contributed by atoms with Crippen molar-refractivity contribution in [1.29, 1.82) is 0 Å². The maximum absolute atomic E-state index is 10.7. The van der Waals surface area contributed by atoms with E-state index < -0.39 is 27.9 Å². The van der Waals surface area contributed by atoms with Gasteiger partial charge < -0.3 is 16.6 Å². The fourth-order valence-electron chi connectivity index (χ4n) is 0.731. The molecule has 1 heterocycles. The van der Waals surface area contributed by atoms with E-state index in [1.807, 2.05) is 0 Å². The molecule has 0 aromatic rings. The van der Waals surface area contributed by atoms with Gasteiger partial charge in [0.1, 0.15) is 10.2 Å². The van der Waals surface area contributed by atoms with Crippen molar-refractivity contribution in [3.05, 3.63) is 9.81 Å². The molecule has 1 aliphatic rings. The van der Waals surface area contributed by atoms with Crippen LogP contribution in [-0.4, -0.2) is 27.5 Å². The minimum atomic E-state index is -1.39. The normalized spacial score (nSPS) is 19.7. The maximum Gasteiger partial charge on any atom is 0.343 e. The van der Waals surface area contributed by atoms with E-state index in [1.54, 1.807) is 0 Å². The highest BCUT2D eigenvalue weighted by Gasteiger charge is 2.36. The van der Waals surface area contributed by atoms with Gasteiger partial charge in [-0.25, -0.2) is 4.79 Å². The van der Waals surface area contributed by atoms with Crippen molar-refractivity contribution < 1.29 is 19.5 Å². The van der Waals surface area contributed by atoms with Crippen LogP contribution in [0.4, 0.5) is 0 Å². The van der Waals surface area contributed by atoms with Crippen LogP contribution in [0.1, 0.15) is 0 Å². The van der Waals surface area contributed by atoms with Crippen molar-refractivity contribution >= 4 is 41.3 Å². The van der Waals surface area contributed by atoms with Gasteiger partial charge in [0.25, 0.3) is 5.91 Å². The highest BCUT2D eigenvalue weighted by Crippen LogP contribution is 2.52. The summed E-state index contributed by atoms with van der Waals surface area (Å²) in [5.41, 5.74) is 9.31. The van der Waals surface area contributed by atoms with Crippen LogP contribution in [0.5, 0.6) is 0 Å². The van der Waals surface area contributed by atoms with Gasteiger partial charge in [-0.05, 0) is 0 Å². The van der Waals surface area contributed by atoms with Gasteiger partial charge in [-0.15, -0.1) is 0 Å². The topological polar surface area (TPSA) is 123 Å². The molecule has 1 aliphatic heterocycles. The molecule has 0 aromatic heterocycles. The predicted octanol–water partition coefficient (Wildman–Crippen LogP) is -0.941. The van der Waals surface area contributed by atoms with Crippen molar-refractivity contribution in [1.82, 2.24) is 0 Å². The summed E-state index contributed by atoms with van der Waals surface area (Å²) in [5, 5.41) is 8.60. The molecule has 1 fully saturated rings. The van der Waals surface area contributed by atoms with Crippen LogP contribution in [0.2, 0.25) is 0 Å². The van der Waals surface area contributed by atoms with Gasteiger partial charge in [0.05, 0.1) is 4.24 Å². The van der Waals surface area contributed by atoms with Gasteiger partial charge in [0, 0.05) is 0 Å². The van der Waals surface area contributed by atoms with Crippen LogP contribution >= 0.6 is 23.5 Å². The highest BCUT2D eigenvalue weighted by atomic mass is 32.3. The molecule has 1 saturated heterocycles. The smallest absolute Gasteiger partial charge is 0.343 e. The summed E-state index contributed by atoms with van der Waals surface area (Å²) in [6.45, 7) is 0. The molecule has 0 atom stereocenters. The van der Waals surface area contributed by atoms with E-state index in [0.717, 1.165) is 23.5 Å². The van der Waals surface area contributed by atoms with Gasteiger partial charge in [-0.3, -0.25) is 9.59 Å². The summed E-state index contributed by atoms with van der Waals surface area (Å²) in [4.78, 5) is 31.8. The Morgan fingerprint density at radius 1 is 1.21 bits per heavy atom. The molecular formula is C6H6N2O4S2. The van der Waals surface area contributed by atoms with E-state index in [9.17, 15) is 14.4 Å². The first-order valence-electron chi connectivity index (χ1n) is 3.33. The fraction of sp³-hybridized carbons (Fsp3) is 0.167. The second-order valence-corrected chi connectivity index (χ2v) is 5.09. The second-order valence-electron chi connectivity index (χ2n) is 2.30. The lowest BCUT2D eigenvalue weighted by Gasteiger charge is -2.25. The van der Waals surface area contributed by atoms with E-state index in [1.165, 1.54) is 0 Å². The van der Waals surface area contributed by atoms with Crippen LogP contribution in [0.3, 0.4) is 0 Å². The van der Waals surface area contributed by atoms with Gasteiger partial charge in [-0.1, -0.05) is 23.5 Å². The Morgan fingerprint density at radius 3 is 2.00 bits per heavy atom. The van der Waals surface area contributed by atoms with E-state index in [4.69, 9.17) is 16.6 Å². The van der Waals surface area contributed by atoms with Crippen LogP contribution in [0.25, 0.3) is 0 Å². The maximum atomic E-state index is 10.7.